The predicted molar refractivity (Wildman–Crippen MR) is 154 cm³/mol. The van der Waals surface area contributed by atoms with Crippen LogP contribution in [0.5, 0.6) is 0 Å². The van der Waals surface area contributed by atoms with Gasteiger partial charge in [-0.05, 0) is 25.7 Å². The van der Waals surface area contributed by atoms with Crippen molar-refractivity contribution in [2.24, 2.45) is 0 Å². The lowest BCUT2D eigenvalue weighted by molar-refractivity contribution is -0.139. The van der Waals surface area contributed by atoms with E-state index < -0.39 is 71.3 Å². The van der Waals surface area contributed by atoms with Crippen molar-refractivity contribution in [2.45, 2.75) is 63.5 Å². The third-order valence-electron chi connectivity index (χ3n) is 6.64. The molecule has 0 aliphatic carbocycles. The van der Waals surface area contributed by atoms with Gasteiger partial charge < -0.3 is 31.5 Å². The van der Waals surface area contributed by atoms with E-state index in [2.05, 4.69) is 21.3 Å². The molecular formula is C28H36N6O12. The Morgan fingerprint density at radius 3 is 1.17 bits per heavy atom. The number of hydrogen-bond donors (Lipinski definition) is 6. The molecule has 0 fully saturated rings. The van der Waals surface area contributed by atoms with Crippen LogP contribution in [-0.2, 0) is 47.9 Å². The van der Waals surface area contributed by atoms with Crippen LogP contribution in [0.1, 0.15) is 51.4 Å². The number of carbonyl (C=O) groups excluding carboxylic acids is 8. The summed E-state index contributed by atoms with van der Waals surface area (Å²) in [6.07, 6.45) is 3.14. The van der Waals surface area contributed by atoms with E-state index in [-0.39, 0.29) is 77.5 Å². The Hall–Kier alpha value is -5.42. The summed E-state index contributed by atoms with van der Waals surface area (Å²) < 4.78 is 0. The highest BCUT2D eigenvalue weighted by atomic mass is 16.4. The Balaban J connectivity index is 2.16. The van der Waals surface area contributed by atoms with E-state index in [1.165, 1.54) is 0 Å². The molecule has 0 aromatic rings. The maximum Gasteiger partial charge on any atom is 0.303 e. The number of carbonyl (C=O) groups is 10. The number of amides is 8. The summed E-state index contributed by atoms with van der Waals surface area (Å²) in [4.78, 5) is 123. The molecule has 18 heteroatoms. The monoisotopic (exact) mass is 648 g/mol. The molecule has 250 valence electrons. The molecule has 0 saturated carbocycles. The van der Waals surface area contributed by atoms with Gasteiger partial charge in [0.05, 0.1) is 0 Å². The number of carboxylic acids is 2. The fourth-order valence-electron chi connectivity index (χ4n) is 4.31. The van der Waals surface area contributed by atoms with Crippen molar-refractivity contribution < 1.29 is 58.2 Å². The molecule has 2 atom stereocenters. The minimum atomic E-state index is -1.73. The first-order valence-corrected chi connectivity index (χ1v) is 14.4. The Morgan fingerprint density at radius 1 is 0.543 bits per heavy atom. The van der Waals surface area contributed by atoms with Gasteiger partial charge in [0.2, 0.25) is 23.6 Å². The van der Waals surface area contributed by atoms with Crippen LogP contribution in [0.3, 0.4) is 0 Å². The summed E-state index contributed by atoms with van der Waals surface area (Å²) in [6, 6.07) is -3.47. The molecule has 2 aliphatic rings. The van der Waals surface area contributed by atoms with Crippen LogP contribution in [0.2, 0.25) is 0 Å². The average Bonchev–Trinajstić information content (AvgIpc) is 3.49. The molecular weight excluding hydrogens is 612 g/mol. The lowest BCUT2D eigenvalue weighted by atomic mass is 10.0. The number of rotatable bonds is 21. The molecule has 0 bridgehead atoms. The molecule has 2 rings (SSSR count). The van der Waals surface area contributed by atoms with Crippen LogP contribution in [-0.4, -0.2) is 117 Å². The highest BCUT2D eigenvalue weighted by Crippen LogP contribution is 2.08. The number of aliphatic carboxylic acids is 2. The summed E-state index contributed by atoms with van der Waals surface area (Å²) in [5.74, 6) is -7.92. The number of hydrogen-bond acceptors (Lipinski definition) is 10. The Bertz CT molecular complexity index is 1180. The molecule has 8 amide bonds. The fourth-order valence-corrected chi connectivity index (χ4v) is 4.31. The van der Waals surface area contributed by atoms with E-state index in [4.69, 9.17) is 10.2 Å². The van der Waals surface area contributed by atoms with Crippen molar-refractivity contribution >= 4 is 59.2 Å². The minimum Gasteiger partial charge on any atom is -0.481 e. The van der Waals surface area contributed by atoms with E-state index in [1.807, 2.05) is 0 Å². The van der Waals surface area contributed by atoms with Gasteiger partial charge in [-0.15, -0.1) is 0 Å². The van der Waals surface area contributed by atoms with Crippen LogP contribution < -0.4 is 21.3 Å². The molecule has 0 aromatic carbocycles. The molecule has 0 spiro atoms. The van der Waals surface area contributed by atoms with Gasteiger partial charge in [0, 0.05) is 76.2 Å². The molecule has 0 radical (unpaired) electrons. The van der Waals surface area contributed by atoms with Gasteiger partial charge in [-0.25, -0.2) is 0 Å². The first kappa shape index (κ1) is 36.8. The topological polar surface area (TPSA) is 266 Å². The van der Waals surface area contributed by atoms with Crippen molar-refractivity contribution in [3.8, 4) is 0 Å². The molecule has 2 heterocycles. The van der Waals surface area contributed by atoms with Gasteiger partial charge in [0.1, 0.15) is 12.1 Å². The van der Waals surface area contributed by atoms with Crippen LogP contribution in [0.4, 0.5) is 0 Å². The summed E-state index contributed by atoms with van der Waals surface area (Å²) >= 11 is 0. The summed E-state index contributed by atoms with van der Waals surface area (Å²) in [5, 5.41) is 27.3. The number of nitrogens with one attached hydrogen (secondary N) is 4. The molecule has 0 unspecified atom stereocenters. The molecule has 2 aliphatic heterocycles. The molecule has 18 nitrogen and oxygen atoms in total. The van der Waals surface area contributed by atoms with E-state index in [9.17, 15) is 47.9 Å². The zero-order chi connectivity index (χ0) is 34.2. The van der Waals surface area contributed by atoms with Crippen LogP contribution >= 0.6 is 0 Å². The fraction of sp³-hybridized carbons (Fsp3) is 0.500. The van der Waals surface area contributed by atoms with Crippen molar-refractivity contribution in [2.75, 3.05) is 26.2 Å². The Morgan fingerprint density at radius 2 is 0.870 bits per heavy atom. The Labute approximate surface area is 262 Å². The van der Waals surface area contributed by atoms with Crippen LogP contribution in [0.15, 0.2) is 24.3 Å². The van der Waals surface area contributed by atoms with Gasteiger partial charge in [-0.2, -0.15) is 0 Å². The van der Waals surface area contributed by atoms with Gasteiger partial charge in [-0.1, -0.05) is 0 Å². The van der Waals surface area contributed by atoms with Crippen LogP contribution in [0.25, 0.3) is 0 Å². The quantitative estimate of drug-likeness (QED) is 0.0550. The minimum absolute atomic E-state index is 0.000841. The number of carboxylic acid groups (broad SMARTS) is 2. The third-order valence-corrected chi connectivity index (χ3v) is 6.64. The van der Waals surface area contributed by atoms with Crippen molar-refractivity contribution in [3.63, 3.8) is 0 Å². The first-order valence-electron chi connectivity index (χ1n) is 14.4. The second kappa shape index (κ2) is 18.4. The normalized spacial score (nSPS) is 15.1. The zero-order valence-corrected chi connectivity index (χ0v) is 24.8. The smallest absolute Gasteiger partial charge is 0.303 e. The predicted octanol–water partition coefficient (Wildman–Crippen LogP) is -2.67. The average molecular weight is 649 g/mol. The van der Waals surface area contributed by atoms with Gasteiger partial charge in [-0.3, -0.25) is 57.7 Å². The Kier molecular flexibility index (Phi) is 14.7. The maximum atomic E-state index is 13.2. The molecule has 0 saturated heterocycles. The summed E-state index contributed by atoms with van der Waals surface area (Å²) in [6.45, 7) is -0.523. The molecule has 0 aromatic heterocycles. The SMILES string of the molecule is O=C(O)CCCNC(=O)[C@@H](NC(=O)CCCN1C(=O)C=CC1=O)[C@H](NC(=O)CCCN1C(=O)C=CC1=O)C(=O)NCCCC(=O)O. The van der Waals surface area contributed by atoms with Gasteiger partial charge >= 0.3 is 11.9 Å². The lowest BCUT2D eigenvalue weighted by Crippen LogP contribution is -2.63. The van der Waals surface area contributed by atoms with Crippen molar-refractivity contribution in [3.05, 3.63) is 24.3 Å². The maximum absolute atomic E-state index is 13.2. The molecule has 6 N–H and O–H groups in total. The third kappa shape index (κ3) is 12.3. The van der Waals surface area contributed by atoms with E-state index in [0.29, 0.717) is 0 Å². The van der Waals surface area contributed by atoms with Crippen LogP contribution in [0, 0.1) is 0 Å². The van der Waals surface area contributed by atoms with E-state index in [1.54, 1.807) is 0 Å². The highest BCUT2D eigenvalue weighted by Gasteiger charge is 2.36. The van der Waals surface area contributed by atoms with Gasteiger partial charge in [0.25, 0.3) is 23.6 Å². The lowest BCUT2D eigenvalue weighted by Gasteiger charge is -2.28. The number of nitrogens with zero attached hydrogens (tertiary/aromatic N) is 2. The van der Waals surface area contributed by atoms with Crippen molar-refractivity contribution in [1.82, 2.24) is 31.1 Å². The standard InChI is InChI=1S/C28H36N6O12/c35-17(5-3-15-33-19(37)9-10-20(33)38)31-25(27(45)29-13-1-7-23(41)42)26(28(46)30-14-2-8-24(43)44)32-18(36)6-4-16-34-21(39)11-12-22(34)40/h9-12,25-26H,1-8,13-16H2,(H,29,45)(H,30,46)(H,31,35)(H,32,36)(H,41,42)(H,43,44)/t25-,26-/m0/s1. The first-order chi connectivity index (χ1) is 21.8. The van der Waals surface area contributed by atoms with Gasteiger partial charge in [0.15, 0.2) is 0 Å². The highest BCUT2D eigenvalue weighted by molar-refractivity contribution is 6.13. The largest absolute Gasteiger partial charge is 0.481 e. The zero-order valence-electron chi connectivity index (χ0n) is 24.8. The second-order valence-corrected chi connectivity index (χ2v) is 10.2. The van der Waals surface area contributed by atoms with E-state index >= 15 is 0 Å². The van der Waals surface area contributed by atoms with Crippen molar-refractivity contribution in [1.29, 1.82) is 0 Å². The summed E-state index contributed by atoms with van der Waals surface area (Å²) in [5.41, 5.74) is 0. The van der Waals surface area contributed by atoms with E-state index in [0.717, 1.165) is 34.1 Å². The summed E-state index contributed by atoms with van der Waals surface area (Å²) in [7, 11) is 0. The second-order valence-electron chi connectivity index (χ2n) is 10.2. The molecule has 46 heavy (non-hydrogen) atoms. The number of imide groups is 2.